The summed E-state index contributed by atoms with van der Waals surface area (Å²) in [5, 5.41) is 10.3. The van der Waals surface area contributed by atoms with Crippen molar-refractivity contribution >= 4 is 5.91 Å². The molecule has 0 spiro atoms. The zero-order valence-corrected chi connectivity index (χ0v) is 10.4. The molecule has 1 aromatic rings. The van der Waals surface area contributed by atoms with Crippen LogP contribution in [0.1, 0.15) is 23.3 Å². The Hall–Kier alpha value is -1.36. The van der Waals surface area contributed by atoms with Crippen molar-refractivity contribution in [2.45, 2.75) is 25.0 Å². The van der Waals surface area contributed by atoms with Crippen molar-refractivity contribution in [2.75, 3.05) is 6.54 Å². The van der Waals surface area contributed by atoms with E-state index < -0.39 is 0 Å². The van der Waals surface area contributed by atoms with Crippen LogP contribution >= 0.6 is 0 Å². The second kappa shape index (κ2) is 3.35. The van der Waals surface area contributed by atoms with Gasteiger partial charge in [0.05, 0.1) is 24.7 Å². The number of amides is 1. The molecule has 1 aromatic heterocycles. The third-order valence-corrected chi connectivity index (χ3v) is 5.15. The summed E-state index contributed by atoms with van der Waals surface area (Å²) in [7, 11) is 1.83. The van der Waals surface area contributed by atoms with E-state index in [0.29, 0.717) is 23.4 Å². The predicted molar refractivity (Wildman–Crippen MR) is 63.7 cm³/mol. The number of hydrogen-bond acceptors (Lipinski definition) is 3. The Kier molecular flexibility index (Phi) is 1.96. The Morgan fingerprint density at radius 1 is 1.44 bits per heavy atom. The molecule has 1 aliphatic heterocycles. The van der Waals surface area contributed by atoms with Crippen LogP contribution in [0.25, 0.3) is 0 Å². The predicted octanol–water partition coefficient (Wildman–Crippen LogP) is 0.261. The summed E-state index contributed by atoms with van der Waals surface area (Å²) >= 11 is 0. The molecule has 5 atom stereocenters. The standard InChI is InChI=1S/C13H17N3O2/c1-15-6-14-4-10(15)13(18)16-5-8-2-7-3-9(8)11(16)12(7)17/h4,6-9,11-12,17H,2-3,5H2,1H3. The van der Waals surface area contributed by atoms with Gasteiger partial charge in [-0.25, -0.2) is 4.98 Å². The molecule has 3 fully saturated rings. The third-order valence-electron chi connectivity index (χ3n) is 5.15. The van der Waals surface area contributed by atoms with E-state index in [-0.39, 0.29) is 18.1 Å². The first-order chi connectivity index (χ1) is 8.66. The van der Waals surface area contributed by atoms with Gasteiger partial charge in [0.15, 0.2) is 0 Å². The van der Waals surface area contributed by atoms with Crippen molar-refractivity contribution in [3.05, 3.63) is 18.2 Å². The zero-order chi connectivity index (χ0) is 12.4. The van der Waals surface area contributed by atoms with Gasteiger partial charge in [-0.1, -0.05) is 0 Å². The van der Waals surface area contributed by atoms with Crippen molar-refractivity contribution < 1.29 is 9.90 Å². The quantitative estimate of drug-likeness (QED) is 0.774. The Bertz CT molecular complexity index is 510. The van der Waals surface area contributed by atoms with Gasteiger partial charge < -0.3 is 14.6 Å². The van der Waals surface area contributed by atoms with Crippen molar-refractivity contribution in [1.82, 2.24) is 14.5 Å². The van der Waals surface area contributed by atoms with Gasteiger partial charge in [-0.2, -0.15) is 0 Å². The van der Waals surface area contributed by atoms with Crippen molar-refractivity contribution in [2.24, 2.45) is 24.8 Å². The highest BCUT2D eigenvalue weighted by Crippen LogP contribution is 2.55. The number of likely N-dealkylation sites (tertiary alicyclic amines) is 1. The van der Waals surface area contributed by atoms with Crippen LogP contribution in [-0.2, 0) is 7.05 Å². The smallest absolute Gasteiger partial charge is 0.272 e. The van der Waals surface area contributed by atoms with Gasteiger partial charge in [0.1, 0.15) is 5.69 Å². The highest BCUT2D eigenvalue weighted by Gasteiger charge is 2.60. The number of carbonyl (C=O) groups is 1. The maximum atomic E-state index is 12.5. The molecule has 18 heavy (non-hydrogen) atoms. The van der Waals surface area contributed by atoms with Gasteiger partial charge in [0.2, 0.25) is 0 Å². The number of hydrogen-bond donors (Lipinski definition) is 1. The molecule has 1 amide bonds. The number of aliphatic hydroxyl groups is 1. The molecule has 0 radical (unpaired) electrons. The van der Waals surface area contributed by atoms with Crippen LogP contribution in [0.5, 0.6) is 0 Å². The minimum absolute atomic E-state index is 0.0223. The minimum atomic E-state index is -0.314. The van der Waals surface area contributed by atoms with Gasteiger partial charge >= 0.3 is 0 Å². The molecule has 3 aliphatic rings. The molecule has 2 heterocycles. The minimum Gasteiger partial charge on any atom is -0.391 e. The monoisotopic (exact) mass is 247 g/mol. The first-order valence-corrected chi connectivity index (χ1v) is 6.62. The number of rotatable bonds is 1. The molecule has 2 bridgehead atoms. The Morgan fingerprint density at radius 2 is 2.28 bits per heavy atom. The number of carbonyl (C=O) groups excluding carboxylic acids is 1. The highest BCUT2D eigenvalue weighted by atomic mass is 16.3. The lowest BCUT2D eigenvalue weighted by Crippen LogP contribution is -2.44. The van der Waals surface area contributed by atoms with E-state index in [4.69, 9.17) is 0 Å². The van der Waals surface area contributed by atoms with E-state index in [0.717, 1.165) is 19.4 Å². The molecule has 1 N–H and O–H groups in total. The van der Waals surface area contributed by atoms with E-state index in [1.807, 2.05) is 11.9 Å². The Morgan fingerprint density at radius 3 is 2.94 bits per heavy atom. The first kappa shape index (κ1) is 10.6. The molecular formula is C13H17N3O2. The molecule has 5 unspecified atom stereocenters. The number of fused-ring (bicyclic) bond motifs is 1. The molecule has 0 aromatic carbocycles. The fourth-order valence-corrected chi connectivity index (χ4v) is 4.36. The largest absolute Gasteiger partial charge is 0.391 e. The second-order valence-corrected chi connectivity index (χ2v) is 5.98. The van der Waals surface area contributed by atoms with Crippen molar-refractivity contribution in [1.29, 1.82) is 0 Å². The van der Waals surface area contributed by atoms with Gasteiger partial charge in [-0.3, -0.25) is 4.79 Å². The zero-order valence-electron chi connectivity index (χ0n) is 10.4. The summed E-state index contributed by atoms with van der Waals surface area (Å²) in [6, 6.07) is 0.0520. The average molecular weight is 247 g/mol. The normalized spacial score (nSPS) is 40.8. The van der Waals surface area contributed by atoms with Crippen molar-refractivity contribution in [3.63, 3.8) is 0 Å². The van der Waals surface area contributed by atoms with Crippen LogP contribution in [0.2, 0.25) is 0 Å². The van der Waals surface area contributed by atoms with Crippen LogP contribution in [0.15, 0.2) is 12.5 Å². The molecule has 1 saturated heterocycles. The van der Waals surface area contributed by atoms with Crippen molar-refractivity contribution in [3.8, 4) is 0 Å². The summed E-state index contributed by atoms with van der Waals surface area (Å²) < 4.78 is 1.75. The summed E-state index contributed by atoms with van der Waals surface area (Å²) in [6.07, 6.45) is 5.14. The SMILES string of the molecule is Cn1cncc1C(=O)N1CC2CC3CC2C1C3O. The number of nitrogens with zero attached hydrogens (tertiary/aromatic N) is 3. The number of imidazole rings is 1. The van der Waals surface area contributed by atoms with E-state index in [9.17, 15) is 9.90 Å². The molecule has 4 rings (SSSR count). The van der Waals surface area contributed by atoms with Crippen LogP contribution in [0.3, 0.4) is 0 Å². The lowest BCUT2D eigenvalue weighted by atomic mass is 9.88. The van der Waals surface area contributed by atoms with Gasteiger partial charge in [-0.05, 0) is 30.6 Å². The average Bonchev–Trinajstić information content (AvgIpc) is 3.01. The van der Waals surface area contributed by atoms with E-state index >= 15 is 0 Å². The highest BCUT2D eigenvalue weighted by molar-refractivity contribution is 5.93. The molecule has 5 nitrogen and oxygen atoms in total. The topological polar surface area (TPSA) is 58.4 Å². The summed E-state index contributed by atoms with van der Waals surface area (Å²) in [5.41, 5.74) is 0.618. The number of aromatic nitrogens is 2. The van der Waals surface area contributed by atoms with Crippen LogP contribution < -0.4 is 0 Å². The second-order valence-electron chi connectivity index (χ2n) is 5.98. The van der Waals surface area contributed by atoms with E-state index in [2.05, 4.69) is 4.98 Å². The van der Waals surface area contributed by atoms with Crippen LogP contribution in [0.4, 0.5) is 0 Å². The molecule has 96 valence electrons. The molecular weight excluding hydrogens is 230 g/mol. The van der Waals surface area contributed by atoms with E-state index in [1.165, 1.54) is 0 Å². The fraction of sp³-hybridized carbons (Fsp3) is 0.692. The number of aryl methyl sites for hydroxylation is 1. The summed E-state index contributed by atoms with van der Waals surface area (Å²) in [5.74, 6) is 1.59. The lowest BCUT2D eigenvalue weighted by molar-refractivity contribution is 0.0396. The van der Waals surface area contributed by atoms with E-state index in [1.54, 1.807) is 17.1 Å². The fourth-order valence-electron chi connectivity index (χ4n) is 4.36. The maximum Gasteiger partial charge on any atom is 0.272 e. The summed E-state index contributed by atoms with van der Waals surface area (Å²) in [4.78, 5) is 18.4. The van der Waals surface area contributed by atoms with Crippen LogP contribution in [-0.4, -0.2) is 44.2 Å². The van der Waals surface area contributed by atoms with Crippen LogP contribution in [0, 0.1) is 17.8 Å². The number of aliphatic hydroxyl groups excluding tert-OH is 1. The van der Waals surface area contributed by atoms with Gasteiger partial charge in [0, 0.05) is 13.6 Å². The third kappa shape index (κ3) is 1.15. The molecule has 2 saturated carbocycles. The molecule has 2 aliphatic carbocycles. The maximum absolute atomic E-state index is 12.5. The Balaban J connectivity index is 1.67. The lowest BCUT2D eigenvalue weighted by Gasteiger charge is -2.28. The Labute approximate surface area is 105 Å². The molecule has 5 heteroatoms. The van der Waals surface area contributed by atoms with Gasteiger partial charge in [0.25, 0.3) is 5.91 Å². The van der Waals surface area contributed by atoms with Gasteiger partial charge in [-0.15, -0.1) is 0 Å². The summed E-state index contributed by atoms with van der Waals surface area (Å²) in [6.45, 7) is 0.812. The first-order valence-electron chi connectivity index (χ1n) is 6.62.